The predicted molar refractivity (Wildman–Crippen MR) is 79.2 cm³/mol. The van der Waals surface area contributed by atoms with Gasteiger partial charge in [-0.3, -0.25) is 5.41 Å². The van der Waals surface area contributed by atoms with Gasteiger partial charge >= 0.3 is 0 Å². The predicted octanol–water partition coefficient (Wildman–Crippen LogP) is -0.234. The van der Waals surface area contributed by atoms with Crippen molar-refractivity contribution in [2.75, 3.05) is 6.61 Å². The van der Waals surface area contributed by atoms with E-state index in [0.29, 0.717) is 0 Å². The van der Waals surface area contributed by atoms with Crippen LogP contribution in [0.4, 0.5) is 0 Å². The molecule has 1 aromatic carbocycles. The van der Waals surface area contributed by atoms with Crippen LogP contribution in [0.15, 0.2) is 30.3 Å². The van der Waals surface area contributed by atoms with Gasteiger partial charge in [-0.1, -0.05) is 30.3 Å². The third-order valence-electron chi connectivity index (χ3n) is 3.36. The lowest BCUT2D eigenvalue weighted by molar-refractivity contribution is -0.188. The summed E-state index contributed by atoms with van der Waals surface area (Å²) in [5.74, 6) is -0.808. The van der Waals surface area contributed by atoms with Crippen molar-refractivity contribution in [3.05, 3.63) is 35.9 Å². The SMILES string of the molecule is Br.N=C(N)C(c1ccccc1)[C@H]1OC[C@@H](O)[C@H](O)[C@H]1O. The maximum absolute atomic E-state index is 10.0. The molecule has 2 rings (SSSR count). The molecule has 1 heterocycles. The lowest BCUT2D eigenvalue weighted by atomic mass is 9.85. The van der Waals surface area contributed by atoms with Crippen LogP contribution in [-0.4, -0.2) is 52.2 Å². The van der Waals surface area contributed by atoms with Crippen LogP contribution in [-0.2, 0) is 4.74 Å². The maximum Gasteiger partial charge on any atom is 0.111 e. The minimum absolute atomic E-state index is 0. The van der Waals surface area contributed by atoms with E-state index < -0.39 is 30.3 Å². The van der Waals surface area contributed by atoms with Crippen molar-refractivity contribution in [1.29, 1.82) is 5.41 Å². The minimum atomic E-state index is -1.30. The van der Waals surface area contributed by atoms with Crippen LogP contribution < -0.4 is 5.73 Å². The topological polar surface area (TPSA) is 120 Å². The number of nitrogens with two attached hydrogens (primary N) is 1. The Morgan fingerprint density at radius 3 is 2.35 bits per heavy atom. The molecule has 0 radical (unpaired) electrons. The molecule has 5 atom stereocenters. The molecule has 1 unspecified atom stereocenters. The van der Waals surface area contributed by atoms with Crippen LogP contribution in [0.1, 0.15) is 11.5 Å². The highest BCUT2D eigenvalue weighted by Gasteiger charge is 2.42. The van der Waals surface area contributed by atoms with Crippen molar-refractivity contribution < 1.29 is 20.1 Å². The summed E-state index contributed by atoms with van der Waals surface area (Å²) in [6.45, 7) is -0.0977. The molecule has 6 N–H and O–H groups in total. The van der Waals surface area contributed by atoms with Crippen LogP contribution in [0, 0.1) is 5.41 Å². The fourth-order valence-corrected chi connectivity index (χ4v) is 2.33. The van der Waals surface area contributed by atoms with Gasteiger partial charge in [0.15, 0.2) is 0 Å². The fourth-order valence-electron chi connectivity index (χ4n) is 2.33. The van der Waals surface area contributed by atoms with E-state index in [0.717, 1.165) is 5.56 Å². The Morgan fingerprint density at radius 1 is 1.20 bits per heavy atom. The zero-order chi connectivity index (χ0) is 14.0. The highest BCUT2D eigenvalue weighted by atomic mass is 79.9. The van der Waals surface area contributed by atoms with Gasteiger partial charge in [-0.05, 0) is 5.56 Å². The van der Waals surface area contributed by atoms with Crippen molar-refractivity contribution >= 4 is 22.8 Å². The van der Waals surface area contributed by atoms with Crippen LogP contribution in [0.3, 0.4) is 0 Å². The van der Waals surface area contributed by atoms with Crippen molar-refractivity contribution in [2.24, 2.45) is 5.73 Å². The molecule has 0 saturated carbocycles. The Labute approximate surface area is 127 Å². The van der Waals surface area contributed by atoms with Crippen molar-refractivity contribution in [3.8, 4) is 0 Å². The molecule has 20 heavy (non-hydrogen) atoms. The van der Waals surface area contributed by atoms with Gasteiger partial charge in [-0.15, -0.1) is 17.0 Å². The molecule has 0 bridgehead atoms. The quantitative estimate of drug-likeness (QED) is 0.382. The highest BCUT2D eigenvalue weighted by molar-refractivity contribution is 8.93. The molecule has 6 nitrogen and oxygen atoms in total. The monoisotopic (exact) mass is 346 g/mol. The maximum atomic E-state index is 10.0. The number of aliphatic hydroxyl groups excluding tert-OH is 3. The second kappa shape index (κ2) is 7.14. The second-order valence-electron chi connectivity index (χ2n) is 4.69. The molecule has 1 aliphatic heterocycles. The van der Waals surface area contributed by atoms with E-state index >= 15 is 0 Å². The third-order valence-corrected chi connectivity index (χ3v) is 3.36. The first-order valence-corrected chi connectivity index (χ1v) is 6.07. The lowest BCUT2D eigenvalue weighted by Gasteiger charge is -2.39. The summed E-state index contributed by atoms with van der Waals surface area (Å²) < 4.78 is 5.37. The number of halogens is 1. The Kier molecular flexibility index (Phi) is 6.09. The van der Waals surface area contributed by atoms with E-state index in [4.69, 9.17) is 15.9 Å². The normalized spacial score (nSPS) is 31.1. The number of ether oxygens (including phenoxy) is 1. The van der Waals surface area contributed by atoms with Gasteiger partial charge in [-0.2, -0.15) is 0 Å². The molecule has 112 valence electrons. The first-order valence-electron chi connectivity index (χ1n) is 6.07. The number of hydrogen-bond acceptors (Lipinski definition) is 5. The van der Waals surface area contributed by atoms with Crippen molar-refractivity contribution in [1.82, 2.24) is 0 Å². The number of hydrogen-bond donors (Lipinski definition) is 5. The van der Waals surface area contributed by atoms with E-state index in [9.17, 15) is 15.3 Å². The summed E-state index contributed by atoms with van der Waals surface area (Å²) in [6, 6.07) is 8.98. The average molecular weight is 347 g/mol. The molecule has 7 heteroatoms. The van der Waals surface area contributed by atoms with E-state index in [1.807, 2.05) is 6.07 Å². The average Bonchev–Trinajstić information content (AvgIpc) is 2.40. The Hall–Kier alpha value is -0.990. The summed E-state index contributed by atoms with van der Waals surface area (Å²) in [7, 11) is 0. The van der Waals surface area contributed by atoms with Crippen LogP contribution in [0.2, 0.25) is 0 Å². The Balaban J connectivity index is 0.00000200. The van der Waals surface area contributed by atoms with E-state index in [2.05, 4.69) is 0 Å². The van der Waals surface area contributed by atoms with Gasteiger partial charge in [0.2, 0.25) is 0 Å². The van der Waals surface area contributed by atoms with Gasteiger partial charge < -0.3 is 25.8 Å². The van der Waals surface area contributed by atoms with Gasteiger partial charge in [0, 0.05) is 0 Å². The smallest absolute Gasteiger partial charge is 0.111 e. The molecular weight excluding hydrogens is 328 g/mol. The van der Waals surface area contributed by atoms with E-state index in [1.54, 1.807) is 24.3 Å². The second-order valence-corrected chi connectivity index (χ2v) is 4.69. The molecule has 1 fully saturated rings. The largest absolute Gasteiger partial charge is 0.388 e. The molecule has 0 spiro atoms. The first-order chi connectivity index (χ1) is 9.02. The zero-order valence-electron chi connectivity index (χ0n) is 10.7. The summed E-state index contributed by atoms with van der Waals surface area (Å²) in [6.07, 6.45) is -4.57. The molecule has 1 saturated heterocycles. The third kappa shape index (κ3) is 3.36. The highest BCUT2D eigenvalue weighted by Crippen LogP contribution is 2.29. The van der Waals surface area contributed by atoms with Crippen LogP contribution in [0.5, 0.6) is 0 Å². The molecule has 0 aliphatic carbocycles. The summed E-state index contributed by atoms with van der Waals surface area (Å²) in [4.78, 5) is 0. The summed E-state index contributed by atoms with van der Waals surface area (Å²) >= 11 is 0. The summed E-state index contributed by atoms with van der Waals surface area (Å²) in [5.41, 5.74) is 6.31. The van der Waals surface area contributed by atoms with Gasteiger partial charge in [0.25, 0.3) is 0 Å². The van der Waals surface area contributed by atoms with Crippen LogP contribution in [0.25, 0.3) is 0 Å². The van der Waals surface area contributed by atoms with Crippen molar-refractivity contribution in [3.63, 3.8) is 0 Å². The van der Waals surface area contributed by atoms with Gasteiger partial charge in [0.1, 0.15) is 24.1 Å². The zero-order valence-corrected chi connectivity index (χ0v) is 12.4. The van der Waals surface area contributed by atoms with Crippen LogP contribution >= 0.6 is 17.0 Å². The molecule has 1 aromatic rings. The van der Waals surface area contributed by atoms with Gasteiger partial charge in [0.05, 0.1) is 18.6 Å². The number of nitrogens with one attached hydrogen (secondary N) is 1. The number of benzene rings is 1. The first kappa shape index (κ1) is 17.1. The Bertz CT molecular complexity index is 445. The molecule has 0 aromatic heterocycles. The Morgan fingerprint density at radius 2 is 1.80 bits per heavy atom. The van der Waals surface area contributed by atoms with Crippen molar-refractivity contribution in [2.45, 2.75) is 30.3 Å². The fraction of sp³-hybridized carbons (Fsp3) is 0.462. The van der Waals surface area contributed by atoms with E-state index in [-0.39, 0.29) is 29.4 Å². The number of amidine groups is 1. The number of rotatable bonds is 3. The molecular formula is C13H19BrN2O4. The minimum Gasteiger partial charge on any atom is -0.388 e. The number of aliphatic hydroxyl groups is 3. The standard InChI is InChI=1S/C13H18N2O4.BrH/c14-13(15)9(7-4-2-1-3-5-7)12-11(18)10(17)8(16)6-19-12;/h1-5,8-12,16-18H,6H2,(H3,14,15);1H/t8-,9?,10+,11-,12-;/m1./s1. The van der Waals surface area contributed by atoms with E-state index in [1.165, 1.54) is 0 Å². The van der Waals surface area contributed by atoms with Gasteiger partial charge in [-0.25, -0.2) is 0 Å². The lowest BCUT2D eigenvalue weighted by Crippen LogP contribution is -2.56. The molecule has 1 aliphatic rings. The molecule has 0 amide bonds. The summed E-state index contributed by atoms with van der Waals surface area (Å²) in [5, 5.41) is 36.8.